The minimum Gasteiger partial charge on any atom is -0.462 e. The number of rotatable bonds is 2. The molecule has 0 fully saturated rings. The van der Waals surface area contributed by atoms with E-state index in [1.54, 1.807) is 13.8 Å². The van der Waals surface area contributed by atoms with Gasteiger partial charge in [-0.25, -0.2) is 9.18 Å². The molecule has 0 aliphatic carbocycles. The Hall–Kier alpha value is -1.89. The molecule has 0 bridgehead atoms. The van der Waals surface area contributed by atoms with Crippen LogP contribution in [0.15, 0.2) is 12.1 Å². The predicted molar refractivity (Wildman–Crippen MR) is 51.8 cm³/mol. The maximum atomic E-state index is 13.3. The van der Waals surface area contributed by atoms with Crippen molar-refractivity contribution in [2.45, 2.75) is 13.8 Å². The van der Waals surface area contributed by atoms with Crippen molar-refractivity contribution < 1.29 is 13.9 Å². The van der Waals surface area contributed by atoms with Gasteiger partial charge in [-0.3, -0.25) is 0 Å². The Labute approximate surface area is 87.1 Å². The van der Waals surface area contributed by atoms with Gasteiger partial charge in [0.05, 0.1) is 23.8 Å². The van der Waals surface area contributed by atoms with Crippen LogP contribution < -0.4 is 0 Å². The van der Waals surface area contributed by atoms with E-state index >= 15 is 0 Å². The molecule has 0 unspecified atom stereocenters. The van der Waals surface area contributed by atoms with Crippen molar-refractivity contribution in [2.75, 3.05) is 6.61 Å². The van der Waals surface area contributed by atoms with Crippen LogP contribution in [0.1, 0.15) is 28.4 Å². The molecular weight excluding hydrogens is 197 g/mol. The first-order chi connectivity index (χ1) is 7.10. The highest BCUT2D eigenvalue weighted by Crippen LogP contribution is 2.15. The van der Waals surface area contributed by atoms with E-state index in [0.29, 0.717) is 5.56 Å². The molecule has 0 spiro atoms. The highest BCUT2D eigenvalue weighted by atomic mass is 19.1. The van der Waals surface area contributed by atoms with Crippen LogP contribution in [0.2, 0.25) is 0 Å². The standard InChI is InChI=1S/C11H10FNO2/c1-3-15-11(14)9-4-7(2)8(6-13)5-10(9)12/h4-5H,3H2,1-2H3. The van der Waals surface area contributed by atoms with Crippen molar-refractivity contribution in [1.29, 1.82) is 5.26 Å². The number of hydrogen-bond donors (Lipinski definition) is 0. The lowest BCUT2D eigenvalue weighted by molar-refractivity contribution is 0.0521. The van der Waals surface area contributed by atoms with Crippen molar-refractivity contribution in [2.24, 2.45) is 0 Å². The van der Waals surface area contributed by atoms with Gasteiger partial charge in [0.2, 0.25) is 0 Å². The van der Waals surface area contributed by atoms with E-state index in [-0.39, 0.29) is 17.7 Å². The Kier molecular flexibility index (Phi) is 3.40. The number of esters is 1. The van der Waals surface area contributed by atoms with Crippen LogP contribution in [0.25, 0.3) is 0 Å². The number of hydrogen-bond acceptors (Lipinski definition) is 3. The summed E-state index contributed by atoms with van der Waals surface area (Å²) in [6, 6.07) is 4.21. The second-order valence-corrected chi connectivity index (χ2v) is 2.98. The van der Waals surface area contributed by atoms with E-state index in [1.165, 1.54) is 6.07 Å². The summed E-state index contributed by atoms with van der Waals surface area (Å²) in [5, 5.41) is 8.64. The molecular formula is C11H10FNO2. The van der Waals surface area contributed by atoms with Crippen LogP contribution in [0.4, 0.5) is 4.39 Å². The number of carbonyl (C=O) groups excluding carboxylic acids is 1. The minimum absolute atomic E-state index is 0.131. The van der Waals surface area contributed by atoms with Gasteiger partial charge in [-0.2, -0.15) is 5.26 Å². The molecule has 0 saturated heterocycles. The van der Waals surface area contributed by atoms with Crippen molar-refractivity contribution in [3.05, 3.63) is 34.6 Å². The summed E-state index contributed by atoms with van der Waals surface area (Å²) in [4.78, 5) is 11.3. The maximum absolute atomic E-state index is 13.3. The SMILES string of the molecule is CCOC(=O)c1cc(C)c(C#N)cc1F. The largest absolute Gasteiger partial charge is 0.462 e. The fourth-order valence-corrected chi connectivity index (χ4v) is 1.17. The summed E-state index contributed by atoms with van der Waals surface area (Å²) in [6.45, 7) is 3.48. The van der Waals surface area contributed by atoms with E-state index < -0.39 is 11.8 Å². The fourth-order valence-electron chi connectivity index (χ4n) is 1.17. The summed E-state index contributed by atoms with van der Waals surface area (Å²) >= 11 is 0. The summed E-state index contributed by atoms with van der Waals surface area (Å²) in [5.74, 6) is -1.43. The average Bonchev–Trinajstić information content (AvgIpc) is 2.21. The molecule has 4 heteroatoms. The lowest BCUT2D eigenvalue weighted by Crippen LogP contribution is -2.08. The minimum atomic E-state index is -0.726. The van der Waals surface area contributed by atoms with Crippen molar-refractivity contribution in [3.63, 3.8) is 0 Å². The van der Waals surface area contributed by atoms with Gasteiger partial charge in [0.25, 0.3) is 0 Å². The van der Waals surface area contributed by atoms with Gasteiger partial charge >= 0.3 is 5.97 Å². The number of benzene rings is 1. The van der Waals surface area contributed by atoms with Crippen LogP contribution in [0, 0.1) is 24.1 Å². The number of aryl methyl sites for hydroxylation is 1. The van der Waals surface area contributed by atoms with E-state index in [0.717, 1.165) is 6.07 Å². The zero-order chi connectivity index (χ0) is 11.4. The van der Waals surface area contributed by atoms with Crippen LogP contribution >= 0.6 is 0 Å². The van der Waals surface area contributed by atoms with E-state index in [1.807, 2.05) is 6.07 Å². The molecule has 0 heterocycles. The number of ether oxygens (including phenoxy) is 1. The quantitative estimate of drug-likeness (QED) is 0.698. The molecule has 1 aromatic rings. The lowest BCUT2D eigenvalue weighted by atomic mass is 10.1. The molecule has 3 nitrogen and oxygen atoms in total. The molecule has 0 saturated carbocycles. The molecule has 0 radical (unpaired) electrons. The number of carbonyl (C=O) groups is 1. The smallest absolute Gasteiger partial charge is 0.341 e. The van der Waals surface area contributed by atoms with Crippen LogP contribution in [-0.2, 0) is 4.74 Å². The van der Waals surface area contributed by atoms with Gasteiger partial charge in [0.1, 0.15) is 5.82 Å². The first-order valence-electron chi connectivity index (χ1n) is 4.47. The average molecular weight is 207 g/mol. The second-order valence-electron chi connectivity index (χ2n) is 2.98. The predicted octanol–water partition coefficient (Wildman–Crippen LogP) is 2.18. The van der Waals surface area contributed by atoms with Crippen LogP contribution in [0.5, 0.6) is 0 Å². The summed E-state index contributed by atoms with van der Waals surface area (Å²) in [7, 11) is 0. The Morgan fingerprint density at radius 1 is 1.60 bits per heavy atom. The maximum Gasteiger partial charge on any atom is 0.341 e. The Morgan fingerprint density at radius 3 is 2.80 bits per heavy atom. The molecule has 15 heavy (non-hydrogen) atoms. The first-order valence-corrected chi connectivity index (χ1v) is 4.47. The lowest BCUT2D eigenvalue weighted by Gasteiger charge is -2.05. The number of nitrogens with zero attached hydrogens (tertiary/aromatic N) is 1. The molecule has 78 valence electrons. The van der Waals surface area contributed by atoms with Gasteiger partial charge < -0.3 is 4.74 Å². The topological polar surface area (TPSA) is 50.1 Å². The van der Waals surface area contributed by atoms with Crippen molar-refractivity contribution in [1.82, 2.24) is 0 Å². The Bertz CT molecular complexity index is 435. The van der Waals surface area contributed by atoms with Gasteiger partial charge in [-0.05, 0) is 31.5 Å². The van der Waals surface area contributed by atoms with Crippen molar-refractivity contribution in [3.8, 4) is 6.07 Å². The fraction of sp³-hybridized carbons (Fsp3) is 0.273. The molecule has 0 aliphatic rings. The second kappa shape index (κ2) is 4.56. The third-order valence-electron chi connectivity index (χ3n) is 1.93. The van der Waals surface area contributed by atoms with Gasteiger partial charge in [-0.15, -0.1) is 0 Å². The van der Waals surface area contributed by atoms with Crippen LogP contribution in [0.3, 0.4) is 0 Å². The third-order valence-corrected chi connectivity index (χ3v) is 1.93. The molecule has 0 aromatic heterocycles. The number of nitriles is 1. The van der Waals surface area contributed by atoms with E-state index in [9.17, 15) is 9.18 Å². The monoisotopic (exact) mass is 207 g/mol. The van der Waals surface area contributed by atoms with E-state index in [2.05, 4.69) is 4.74 Å². The van der Waals surface area contributed by atoms with E-state index in [4.69, 9.17) is 5.26 Å². The molecule has 0 aliphatic heterocycles. The Morgan fingerprint density at radius 2 is 2.27 bits per heavy atom. The van der Waals surface area contributed by atoms with Gasteiger partial charge in [0.15, 0.2) is 0 Å². The molecule has 0 atom stereocenters. The van der Waals surface area contributed by atoms with Crippen molar-refractivity contribution >= 4 is 5.97 Å². The highest BCUT2D eigenvalue weighted by molar-refractivity contribution is 5.90. The van der Waals surface area contributed by atoms with Gasteiger partial charge in [-0.1, -0.05) is 0 Å². The third kappa shape index (κ3) is 2.32. The first kappa shape index (κ1) is 11.2. The summed E-state index contributed by atoms with van der Waals surface area (Å²) in [5.41, 5.74) is 0.649. The molecule has 0 N–H and O–H groups in total. The van der Waals surface area contributed by atoms with Gasteiger partial charge in [0, 0.05) is 0 Å². The Balaban J connectivity index is 3.17. The normalized spacial score (nSPS) is 9.47. The van der Waals surface area contributed by atoms with Crippen LogP contribution in [-0.4, -0.2) is 12.6 Å². The molecule has 1 rings (SSSR count). The zero-order valence-electron chi connectivity index (χ0n) is 8.50. The molecule has 1 aromatic carbocycles. The zero-order valence-corrected chi connectivity index (χ0v) is 8.50. The highest BCUT2D eigenvalue weighted by Gasteiger charge is 2.14. The number of halogens is 1. The molecule has 0 amide bonds. The summed E-state index contributed by atoms with van der Waals surface area (Å²) < 4.78 is 18.0. The summed E-state index contributed by atoms with van der Waals surface area (Å²) in [6.07, 6.45) is 0.